The maximum Gasteiger partial charge on any atom is 0.415 e. The molecule has 262 valence electrons. The van der Waals surface area contributed by atoms with Gasteiger partial charge < -0.3 is 51.4 Å². The molecule has 1 aliphatic heterocycles. The number of aliphatic carboxylic acids is 3. The topological polar surface area (TPSA) is 292 Å². The fourth-order valence-electron chi connectivity index (χ4n) is 2.33. The number of carboxylic acids is 3. The van der Waals surface area contributed by atoms with E-state index in [0.29, 0.717) is 36.9 Å². The number of carbonyl (C=O) groups is 7. The van der Waals surface area contributed by atoms with E-state index in [1.165, 1.54) is 0 Å². The van der Waals surface area contributed by atoms with E-state index in [1.807, 2.05) is 0 Å². The second kappa shape index (κ2) is 31.0. The lowest BCUT2D eigenvalue weighted by Gasteiger charge is -2.06. The zero-order valence-electron chi connectivity index (χ0n) is 24.5. The second-order valence-electron chi connectivity index (χ2n) is 8.60. The Balaban J connectivity index is -0.000000558. The Morgan fingerprint density at radius 1 is 0.778 bits per heavy atom. The van der Waals surface area contributed by atoms with Crippen LogP contribution in [0.2, 0.25) is 0 Å². The average Bonchev–Trinajstić information content (AvgIpc) is 3.31. The van der Waals surface area contributed by atoms with Gasteiger partial charge in [0.25, 0.3) is 0 Å². The van der Waals surface area contributed by atoms with Crippen LogP contribution in [-0.4, -0.2) is 118 Å². The number of esters is 3. The maximum atomic E-state index is 11.1. The SMILES string of the molecule is N[C@@H](CCC(=O)O)C(=O)O.N[C@@H](CCC(=O)OCCCCl)C(=O)O.O=C(CC[C@@H]1NC(=O)OC1=O)OCCCCl.OCCCCl. The number of halogens is 3. The highest BCUT2D eigenvalue weighted by Gasteiger charge is 2.32. The monoisotopic (exact) mass is 713 g/mol. The lowest BCUT2D eigenvalue weighted by molar-refractivity contribution is -0.145. The van der Waals surface area contributed by atoms with Crippen LogP contribution in [0.15, 0.2) is 0 Å². The van der Waals surface area contributed by atoms with Crippen LogP contribution in [0.5, 0.6) is 0 Å². The number of rotatable bonds is 19. The first-order valence-electron chi connectivity index (χ1n) is 13.5. The second-order valence-corrected chi connectivity index (χ2v) is 9.73. The third-order valence-corrected chi connectivity index (χ3v) is 5.55. The molecule has 3 atom stereocenters. The smallest absolute Gasteiger partial charge is 0.415 e. The first kappa shape index (κ1) is 46.5. The minimum absolute atomic E-state index is 0.0231. The number of carboxylic acid groups (broad SMARTS) is 3. The molecule has 1 rings (SSSR count). The Bertz CT molecular complexity index is 896. The Labute approximate surface area is 274 Å². The number of nitrogens with one attached hydrogen (secondary N) is 1. The van der Waals surface area contributed by atoms with E-state index in [0.717, 1.165) is 0 Å². The number of aliphatic hydroxyl groups is 1. The lowest BCUT2D eigenvalue weighted by Crippen LogP contribution is -2.30. The summed E-state index contributed by atoms with van der Waals surface area (Å²) in [6, 6.07) is -2.81. The molecule has 1 amide bonds. The molecule has 0 unspecified atom stereocenters. The van der Waals surface area contributed by atoms with Gasteiger partial charge in [0.05, 0.1) is 13.2 Å². The van der Waals surface area contributed by atoms with E-state index < -0.39 is 60.0 Å². The molecule has 0 saturated carbocycles. The number of cyclic esters (lactones) is 2. The van der Waals surface area contributed by atoms with Crippen LogP contribution in [0, 0.1) is 0 Å². The van der Waals surface area contributed by atoms with Crippen molar-refractivity contribution in [2.75, 3.05) is 37.5 Å². The predicted octanol–water partition coefficient (Wildman–Crippen LogP) is 0.795. The molecule has 1 fully saturated rings. The van der Waals surface area contributed by atoms with Crippen LogP contribution in [0.4, 0.5) is 4.79 Å². The van der Waals surface area contributed by atoms with Gasteiger partial charge in [-0.2, -0.15) is 0 Å². The van der Waals surface area contributed by atoms with Crippen molar-refractivity contribution in [3.8, 4) is 0 Å². The Kier molecular flexibility index (Phi) is 32.0. The van der Waals surface area contributed by atoms with Crippen LogP contribution >= 0.6 is 34.8 Å². The number of hydrogen-bond donors (Lipinski definition) is 7. The minimum Gasteiger partial charge on any atom is -0.481 e. The molecular weight excluding hydrogens is 673 g/mol. The van der Waals surface area contributed by atoms with Crippen molar-refractivity contribution in [1.82, 2.24) is 5.32 Å². The summed E-state index contributed by atoms with van der Waals surface area (Å²) in [5.41, 5.74) is 10.2. The predicted molar refractivity (Wildman–Crippen MR) is 160 cm³/mol. The summed E-state index contributed by atoms with van der Waals surface area (Å²) >= 11 is 15.9. The third kappa shape index (κ3) is 32.3. The zero-order chi connectivity index (χ0) is 35.2. The molecule has 0 radical (unpaired) electrons. The van der Waals surface area contributed by atoms with Crippen molar-refractivity contribution in [3.05, 3.63) is 0 Å². The van der Waals surface area contributed by atoms with Gasteiger partial charge in [0, 0.05) is 43.5 Å². The number of amides is 1. The molecule has 1 aliphatic rings. The first-order valence-corrected chi connectivity index (χ1v) is 15.1. The number of carbonyl (C=O) groups excluding carboxylic acids is 4. The highest BCUT2D eigenvalue weighted by Crippen LogP contribution is 2.07. The van der Waals surface area contributed by atoms with Crippen LogP contribution in [0.3, 0.4) is 0 Å². The van der Waals surface area contributed by atoms with E-state index in [4.69, 9.17) is 76.2 Å². The van der Waals surface area contributed by atoms with Gasteiger partial charge in [-0.1, -0.05) is 0 Å². The van der Waals surface area contributed by atoms with E-state index >= 15 is 0 Å². The van der Waals surface area contributed by atoms with Crippen molar-refractivity contribution in [2.45, 2.75) is 75.9 Å². The largest absolute Gasteiger partial charge is 0.481 e. The van der Waals surface area contributed by atoms with Crippen molar-refractivity contribution in [2.24, 2.45) is 11.5 Å². The summed E-state index contributed by atoms with van der Waals surface area (Å²) in [4.78, 5) is 73.8. The number of alkyl carbamates (subject to hydrolysis) is 1. The maximum absolute atomic E-state index is 11.1. The van der Waals surface area contributed by atoms with Crippen LogP contribution in [0.1, 0.15) is 57.8 Å². The minimum atomic E-state index is -1.17. The van der Waals surface area contributed by atoms with Crippen LogP contribution < -0.4 is 16.8 Å². The Morgan fingerprint density at radius 2 is 1.22 bits per heavy atom. The summed E-state index contributed by atoms with van der Waals surface area (Å²) < 4.78 is 13.8. The molecule has 9 N–H and O–H groups in total. The van der Waals surface area contributed by atoms with E-state index in [2.05, 4.69) is 10.1 Å². The van der Waals surface area contributed by atoms with Crippen molar-refractivity contribution < 1.29 is 68.2 Å². The van der Waals surface area contributed by atoms with Crippen LogP contribution in [-0.2, 0) is 43.0 Å². The molecule has 0 bridgehead atoms. The van der Waals surface area contributed by atoms with Gasteiger partial charge in [0.15, 0.2) is 0 Å². The van der Waals surface area contributed by atoms with Gasteiger partial charge in [-0.15, -0.1) is 34.8 Å². The number of hydrogen-bond acceptors (Lipinski definition) is 13. The quantitative estimate of drug-likeness (QED) is 0.0320. The molecule has 20 heteroatoms. The van der Waals surface area contributed by atoms with E-state index in [1.54, 1.807) is 0 Å². The van der Waals surface area contributed by atoms with Crippen molar-refractivity contribution in [3.63, 3.8) is 0 Å². The summed E-state index contributed by atoms with van der Waals surface area (Å²) in [6.07, 6.45) is 1.26. The van der Waals surface area contributed by atoms with Gasteiger partial charge in [-0.3, -0.25) is 24.0 Å². The third-order valence-electron chi connectivity index (χ3n) is 4.74. The number of alkyl halides is 3. The molecule has 0 aliphatic carbocycles. The average molecular weight is 715 g/mol. The lowest BCUT2D eigenvalue weighted by atomic mass is 10.2. The van der Waals surface area contributed by atoms with Crippen LogP contribution in [0.25, 0.3) is 0 Å². The zero-order valence-corrected chi connectivity index (χ0v) is 26.8. The van der Waals surface area contributed by atoms with Gasteiger partial charge >= 0.3 is 41.9 Å². The molecule has 17 nitrogen and oxygen atoms in total. The highest BCUT2D eigenvalue weighted by molar-refractivity contribution is 6.18. The number of nitrogens with two attached hydrogens (primary N) is 2. The van der Waals surface area contributed by atoms with Gasteiger partial charge in [-0.05, 0) is 38.5 Å². The summed E-state index contributed by atoms with van der Waals surface area (Å²) in [5.74, 6) is -3.39. The van der Waals surface area contributed by atoms with E-state index in [-0.39, 0.29) is 58.3 Å². The number of aliphatic hydroxyl groups excluding tert-OH is 1. The normalized spacial score (nSPS) is 14.3. The van der Waals surface area contributed by atoms with E-state index in [9.17, 15) is 33.6 Å². The highest BCUT2D eigenvalue weighted by atomic mass is 35.5. The first-order chi connectivity index (χ1) is 21.2. The Hall–Kier alpha value is -2.96. The molecule has 1 saturated heterocycles. The molecule has 1 heterocycles. The molecule has 0 aromatic heterocycles. The fourth-order valence-corrected chi connectivity index (χ4v) is 2.67. The summed E-state index contributed by atoms with van der Waals surface area (Å²) in [7, 11) is 0. The van der Waals surface area contributed by atoms with Gasteiger partial charge in [-0.25, -0.2) is 9.59 Å². The standard InChI is InChI=1S/C9H12ClNO5.C8H14ClNO4.C5H9NO4.C3H7ClO/c10-4-1-5-15-7(12)3-2-6-8(13)16-9(14)11-6;9-4-1-5-14-7(11)3-2-6(10)8(12)13;6-3(5(9)10)1-2-4(7)8;4-2-1-3-5/h6H,1-5H2,(H,11,14);6H,1-5,10H2,(H,12,13);3H,1-2,6H2,(H,7,8)(H,9,10);5H,1-3H2/t2*6-;3-;/m000./s1. The van der Waals surface area contributed by atoms with Crippen molar-refractivity contribution in [1.29, 1.82) is 0 Å². The molecule has 0 aromatic carbocycles. The van der Waals surface area contributed by atoms with Crippen molar-refractivity contribution >= 4 is 76.7 Å². The fraction of sp³-hybridized carbons (Fsp3) is 0.720. The van der Waals surface area contributed by atoms with Gasteiger partial charge in [0.2, 0.25) is 0 Å². The van der Waals surface area contributed by atoms with Gasteiger partial charge in [0.1, 0.15) is 18.1 Å². The molecule has 0 aromatic rings. The molecular formula is C25H42Cl3N3O14. The summed E-state index contributed by atoms with van der Waals surface area (Å²) in [5, 5.41) is 35.0. The molecule has 45 heavy (non-hydrogen) atoms. The number of ether oxygens (including phenoxy) is 3. The Morgan fingerprint density at radius 3 is 1.56 bits per heavy atom. The summed E-state index contributed by atoms with van der Waals surface area (Å²) in [6.45, 7) is 0.748. The molecule has 0 spiro atoms.